The summed E-state index contributed by atoms with van der Waals surface area (Å²) in [6.45, 7) is 3.73. The van der Waals surface area contributed by atoms with Gasteiger partial charge in [-0.1, -0.05) is 6.92 Å². The minimum absolute atomic E-state index is 0.0348. The van der Waals surface area contributed by atoms with Crippen molar-refractivity contribution in [3.8, 4) is 0 Å². The van der Waals surface area contributed by atoms with Gasteiger partial charge in [0, 0.05) is 7.11 Å². The predicted molar refractivity (Wildman–Crippen MR) is 70.4 cm³/mol. The maximum Gasteiger partial charge on any atom is 0.512 e. The summed E-state index contributed by atoms with van der Waals surface area (Å²) in [5, 5.41) is 0. The summed E-state index contributed by atoms with van der Waals surface area (Å²) in [4.78, 5) is 0. The summed E-state index contributed by atoms with van der Waals surface area (Å²) in [7, 11) is -11.0. The average Bonchev–Trinajstić information content (AvgIpc) is 2.25. The maximum atomic E-state index is 12.1. The van der Waals surface area contributed by atoms with E-state index in [9.17, 15) is 30.0 Å². The zero-order valence-electron chi connectivity index (χ0n) is 11.3. The molecule has 0 aliphatic heterocycles. The van der Waals surface area contributed by atoms with Crippen LogP contribution < -0.4 is 4.13 Å². The minimum Gasteiger partial charge on any atom is -0.420 e. The third kappa shape index (κ3) is 6.07. The lowest BCUT2D eigenvalue weighted by Gasteiger charge is -2.23. The molecule has 0 rings (SSSR count). The smallest absolute Gasteiger partial charge is 0.420 e. The van der Waals surface area contributed by atoms with Crippen molar-refractivity contribution in [2.24, 2.45) is 0 Å². The quantitative estimate of drug-likeness (QED) is 0.663. The summed E-state index contributed by atoms with van der Waals surface area (Å²) in [5.41, 5.74) is -5.65. The van der Waals surface area contributed by atoms with Crippen molar-refractivity contribution in [1.82, 2.24) is 4.13 Å². The van der Waals surface area contributed by atoms with E-state index in [2.05, 4.69) is 0 Å². The number of hydrogen-bond acceptors (Lipinski definition) is 5. The minimum atomic E-state index is -5.89. The van der Waals surface area contributed by atoms with E-state index in [-0.39, 0.29) is 6.42 Å². The second kappa shape index (κ2) is 6.73. The van der Waals surface area contributed by atoms with E-state index in [1.807, 2.05) is 13.5 Å². The van der Waals surface area contributed by atoms with Crippen LogP contribution in [0.5, 0.6) is 0 Å². The van der Waals surface area contributed by atoms with Crippen LogP contribution in [0.4, 0.5) is 13.2 Å². The fourth-order valence-electron chi connectivity index (χ4n) is 1.32. The van der Waals surface area contributed by atoms with E-state index < -0.39 is 39.6 Å². The summed E-state index contributed by atoms with van der Waals surface area (Å²) >= 11 is 0. The fourth-order valence-corrected chi connectivity index (χ4v) is 5.92. The number of nitrogens with one attached hydrogen (secondary N) is 1. The Labute approximate surface area is 117 Å². The third-order valence-electron chi connectivity index (χ3n) is 2.90. The third-order valence-corrected chi connectivity index (χ3v) is 10.1. The van der Waals surface area contributed by atoms with E-state index in [1.54, 1.807) is 0 Å². The molecule has 122 valence electrons. The Morgan fingerprint density at radius 2 is 1.70 bits per heavy atom. The number of halogens is 3. The van der Waals surface area contributed by atoms with Gasteiger partial charge in [-0.15, -0.1) is 4.13 Å². The van der Waals surface area contributed by atoms with Crippen LogP contribution in [0.2, 0.25) is 18.6 Å². The van der Waals surface area contributed by atoms with Crippen LogP contribution in [0.1, 0.15) is 13.3 Å². The first-order valence-electron chi connectivity index (χ1n) is 5.66. The van der Waals surface area contributed by atoms with Crippen molar-refractivity contribution >= 4 is 28.4 Å². The molecule has 0 aliphatic carbocycles. The van der Waals surface area contributed by atoms with Crippen LogP contribution in [0.25, 0.3) is 0 Å². The molecular formula is C8H18F3NO5S2Si. The molecule has 0 amide bonds. The van der Waals surface area contributed by atoms with E-state index >= 15 is 0 Å². The topological polar surface area (TPSA) is 89.5 Å². The molecule has 0 spiro atoms. The van der Waals surface area contributed by atoms with Gasteiger partial charge in [-0.25, -0.2) is 16.8 Å². The molecule has 0 heterocycles. The van der Waals surface area contributed by atoms with E-state index in [0.29, 0.717) is 10.2 Å². The fraction of sp³-hybridized carbons (Fsp3) is 1.00. The lowest BCUT2D eigenvalue weighted by molar-refractivity contribution is -0.0441. The van der Waals surface area contributed by atoms with Crippen molar-refractivity contribution in [2.75, 3.05) is 12.9 Å². The van der Waals surface area contributed by atoms with Crippen LogP contribution in [0.3, 0.4) is 0 Å². The number of alkyl halides is 3. The van der Waals surface area contributed by atoms with Gasteiger partial charge < -0.3 is 4.43 Å². The lowest BCUT2D eigenvalue weighted by Crippen LogP contribution is -2.41. The van der Waals surface area contributed by atoms with E-state index in [4.69, 9.17) is 4.43 Å². The van der Waals surface area contributed by atoms with Gasteiger partial charge in [0.25, 0.3) is 0 Å². The SMILES string of the molecule is CC[Si](C)(CCCS(=O)(=O)NS(=O)(=O)C(F)(F)F)OC. The molecule has 1 unspecified atom stereocenters. The molecular weight excluding hydrogens is 339 g/mol. The molecule has 0 radical (unpaired) electrons. The van der Waals surface area contributed by atoms with Crippen LogP contribution in [0, 0.1) is 0 Å². The molecule has 0 aromatic rings. The van der Waals surface area contributed by atoms with Crippen molar-refractivity contribution in [3.63, 3.8) is 0 Å². The van der Waals surface area contributed by atoms with Gasteiger partial charge in [-0.3, -0.25) is 0 Å². The first-order valence-corrected chi connectivity index (χ1v) is 11.6. The zero-order valence-corrected chi connectivity index (χ0v) is 14.0. The standard InChI is InChI=1S/C8H18F3NO5S2Si/c1-4-20(3,17-2)7-5-6-18(13,14)12-19(15,16)8(9,10)11/h12H,4-7H2,1-3H3. The van der Waals surface area contributed by atoms with Crippen LogP contribution in [-0.2, 0) is 24.5 Å². The second-order valence-corrected chi connectivity index (χ2v) is 12.8. The zero-order chi connectivity index (χ0) is 16.2. The van der Waals surface area contributed by atoms with E-state index in [0.717, 1.165) is 6.04 Å². The Balaban J connectivity index is 4.66. The molecule has 1 N–H and O–H groups in total. The number of hydrogen-bond donors (Lipinski definition) is 1. The maximum absolute atomic E-state index is 12.1. The van der Waals surface area contributed by atoms with Crippen molar-refractivity contribution in [1.29, 1.82) is 0 Å². The van der Waals surface area contributed by atoms with Crippen molar-refractivity contribution < 1.29 is 34.4 Å². The van der Waals surface area contributed by atoms with Crippen LogP contribution in [0.15, 0.2) is 0 Å². The van der Waals surface area contributed by atoms with Crippen molar-refractivity contribution in [2.45, 2.75) is 37.5 Å². The molecule has 1 atom stereocenters. The molecule has 6 nitrogen and oxygen atoms in total. The van der Waals surface area contributed by atoms with Crippen molar-refractivity contribution in [3.05, 3.63) is 0 Å². The predicted octanol–water partition coefficient (Wildman–Crippen LogP) is 1.39. The Hall–Kier alpha value is -0.173. The largest absolute Gasteiger partial charge is 0.512 e. The Bertz CT molecular complexity index is 513. The molecule has 12 heteroatoms. The van der Waals surface area contributed by atoms with Gasteiger partial charge in [0.05, 0.1) is 5.75 Å². The lowest BCUT2D eigenvalue weighted by atomic mass is 10.6. The highest BCUT2D eigenvalue weighted by atomic mass is 32.3. The number of rotatable bonds is 8. The van der Waals surface area contributed by atoms with Gasteiger partial charge in [-0.2, -0.15) is 13.2 Å². The van der Waals surface area contributed by atoms with Crippen LogP contribution >= 0.6 is 0 Å². The molecule has 0 aliphatic rings. The Morgan fingerprint density at radius 1 is 1.20 bits per heavy atom. The Kier molecular flexibility index (Phi) is 6.67. The molecule has 20 heavy (non-hydrogen) atoms. The highest BCUT2D eigenvalue weighted by molar-refractivity contribution is 8.05. The average molecular weight is 357 g/mol. The first kappa shape index (κ1) is 19.8. The summed E-state index contributed by atoms with van der Waals surface area (Å²) in [5.74, 6) is -0.700. The monoisotopic (exact) mass is 357 g/mol. The summed E-state index contributed by atoms with van der Waals surface area (Å²) < 4.78 is 86.2. The van der Waals surface area contributed by atoms with Gasteiger partial charge in [0.15, 0.2) is 8.32 Å². The first-order chi connectivity index (χ1) is 8.79. The van der Waals surface area contributed by atoms with Gasteiger partial charge >= 0.3 is 15.5 Å². The van der Waals surface area contributed by atoms with Gasteiger partial charge in [0.2, 0.25) is 10.0 Å². The van der Waals surface area contributed by atoms with Gasteiger partial charge in [0.1, 0.15) is 0 Å². The molecule has 0 fully saturated rings. The molecule has 0 saturated heterocycles. The van der Waals surface area contributed by atoms with Crippen LogP contribution in [-0.4, -0.2) is 43.5 Å². The Morgan fingerprint density at radius 3 is 2.05 bits per heavy atom. The second-order valence-electron chi connectivity index (χ2n) is 4.46. The summed E-state index contributed by atoms with van der Waals surface area (Å²) in [6.07, 6.45) is 0.0348. The van der Waals surface area contributed by atoms with E-state index in [1.165, 1.54) is 7.11 Å². The highest BCUT2D eigenvalue weighted by Crippen LogP contribution is 2.23. The normalized spacial score (nSPS) is 16.9. The van der Waals surface area contributed by atoms with Gasteiger partial charge in [-0.05, 0) is 25.1 Å². The molecule has 0 aromatic heterocycles. The highest BCUT2D eigenvalue weighted by Gasteiger charge is 2.48. The molecule has 0 saturated carbocycles. The molecule has 0 bridgehead atoms. The number of sulfonamides is 2. The molecule has 0 aromatic carbocycles. The summed E-state index contributed by atoms with van der Waals surface area (Å²) in [6, 6.07) is 1.13.